The summed E-state index contributed by atoms with van der Waals surface area (Å²) in [5.74, 6) is 2.01. The van der Waals surface area contributed by atoms with Gasteiger partial charge >= 0.3 is 0 Å². The Balaban J connectivity index is 2.86. The molecule has 1 atom stereocenters. The summed E-state index contributed by atoms with van der Waals surface area (Å²) < 4.78 is 5.97. The Labute approximate surface area is 109 Å². The first-order valence-corrected chi connectivity index (χ1v) is 7.32. The molecule has 0 heterocycles. The molecule has 0 amide bonds. The van der Waals surface area contributed by atoms with Crippen LogP contribution in [0.4, 0.5) is 0 Å². The summed E-state index contributed by atoms with van der Waals surface area (Å²) in [5, 5.41) is 0. The molecule has 0 saturated heterocycles. The van der Waals surface area contributed by atoms with Crippen LogP contribution in [0.1, 0.15) is 39.2 Å². The lowest BCUT2D eigenvalue weighted by atomic mass is 10.2. The molecule has 0 bridgehead atoms. The topological polar surface area (TPSA) is 35.2 Å². The standard InChI is InChI=1S/C14H23NOS/c1-4-7-11(3)16-13-8-6-9-14(17-5-2)12(13)10-15/h6,8-9,11H,4-5,7,10,15H2,1-3H3. The van der Waals surface area contributed by atoms with Gasteiger partial charge in [0.2, 0.25) is 0 Å². The van der Waals surface area contributed by atoms with Crippen molar-refractivity contribution in [2.75, 3.05) is 5.75 Å². The second kappa shape index (κ2) is 7.62. The largest absolute Gasteiger partial charge is 0.490 e. The fraction of sp³-hybridized carbons (Fsp3) is 0.571. The van der Waals surface area contributed by atoms with Gasteiger partial charge < -0.3 is 10.5 Å². The highest BCUT2D eigenvalue weighted by Gasteiger charge is 2.10. The van der Waals surface area contributed by atoms with E-state index in [1.54, 1.807) is 0 Å². The first-order chi connectivity index (χ1) is 8.22. The Bertz CT molecular complexity index is 341. The number of hydrogen-bond donors (Lipinski definition) is 1. The lowest BCUT2D eigenvalue weighted by Crippen LogP contribution is -2.13. The van der Waals surface area contributed by atoms with Gasteiger partial charge in [-0.05, 0) is 31.2 Å². The second-order valence-corrected chi connectivity index (χ2v) is 5.39. The fourth-order valence-corrected chi connectivity index (χ4v) is 2.67. The Morgan fingerprint density at radius 1 is 1.35 bits per heavy atom. The van der Waals surface area contributed by atoms with Gasteiger partial charge in [-0.2, -0.15) is 0 Å². The van der Waals surface area contributed by atoms with E-state index >= 15 is 0 Å². The van der Waals surface area contributed by atoms with Crippen molar-refractivity contribution in [1.29, 1.82) is 0 Å². The van der Waals surface area contributed by atoms with Crippen molar-refractivity contribution in [1.82, 2.24) is 0 Å². The van der Waals surface area contributed by atoms with Crippen LogP contribution >= 0.6 is 11.8 Å². The average molecular weight is 253 g/mol. The molecule has 3 heteroatoms. The molecule has 1 rings (SSSR count). The predicted octanol–water partition coefficient (Wildman–Crippen LogP) is 3.82. The van der Waals surface area contributed by atoms with E-state index in [0.717, 1.165) is 29.9 Å². The Morgan fingerprint density at radius 3 is 2.71 bits per heavy atom. The molecule has 17 heavy (non-hydrogen) atoms. The average Bonchev–Trinajstić information content (AvgIpc) is 2.30. The molecule has 2 nitrogen and oxygen atoms in total. The fourth-order valence-electron chi connectivity index (χ4n) is 1.83. The molecule has 0 saturated carbocycles. The highest BCUT2D eigenvalue weighted by Crippen LogP contribution is 2.30. The SMILES string of the molecule is CCCC(C)Oc1cccc(SCC)c1CN. The number of benzene rings is 1. The van der Waals surface area contributed by atoms with E-state index in [9.17, 15) is 0 Å². The Kier molecular flexibility index (Phi) is 6.45. The van der Waals surface area contributed by atoms with Gasteiger partial charge in [-0.15, -0.1) is 11.8 Å². The van der Waals surface area contributed by atoms with E-state index in [1.165, 1.54) is 4.90 Å². The molecule has 1 unspecified atom stereocenters. The quantitative estimate of drug-likeness (QED) is 0.750. The van der Waals surface area contributed by atoms with Crippen molar-refractivity contribution in [3.8, 4) is 5.75 Å². The zero-order valence-corrected chi connectivity index (χ0v) is 11.8. The maximum Gasteiger partial charge on any atom is 0.125 e. The number of thioether (sulfide) groups is 1. The number of rotatable bonds is 7. The first-order valence-electron chi connectivity index (χ1n) is 6.34. The van der Waals surface area contributed by atoms with Crippen LogP contribution in [0.25, 0.3) is 0 Å². The molecule has 0 aliphatic heterocycles. The van der Waals surface area contributed by atoms with Gasteiger partial charge in [0.1, 0.15) is 5.75 Å². The van der Waals surface area contributed by atoms with Crippen LogP contribution in [0.3, 0.4) is 0 Å². The molecule has 1 aromatic rings. The number of hydrogen-bond acceptors (Lipinski definition) is 3. The highest BCUT2D eigenvalue weighted by atomic mass is 32.2. The summed E-state index contributed by atoms with van der Waals surface area (Å²) in [5.41, 5.74) is 6.98. The molecule has 0 aliphatic rings. The summed E-state index contributed by atoms with van der Waals surface area (Å²) >= 11 is 1.82. The molecule has 96 valence electrons. The summed E-state index contributed by atoms with van der Waals surface area (Å²) in [6, 6.07) is 6.19. The van der Waals surface area contributed by atoms with Gasteiger partial charge in [0.05, 0.1) is 6.10 Å². The van der Waals surface area contributed by atoms with Crippen LogP contribution in [0.2, 0.25) is 0 Å². The van der Waals surface area contributed by atoms with Crippen LogP contribution in [0.15, 0.2) is 23.1 Å². The molecular weight excluding hydrogens is 230 g/mol. The maximum atomic E-state index is 5.97. The zero-order chi connectivity index (χ0) is 12.7. The summed E-state index contributed by atoms with van der Waals surface area (Å²) in [7, 11) is 0. The minimum absolute atomic E-state index is 0.257. The predicted molar refractivity (Wildman–Crippen MR) is 75.7 cm³/mol. The molecule has 0 aliphatic carbocycles. The van der Waals surface area contributed by atoms with Crippen molar-refractivity contribution in [3.63, 3.8) is 0 Å². The van der Waals surface area contributed by atoms with Gasteiger partial charge in [0.25, 0.3) is 0 Å². The normalized spacial score (nSPS) is 12.5. The third-order valence-electron chi connectivity index (χ3n) is 2.62. The lowest BCUT2D eigenvalue weighted by Gasteiger charge is -2.18. The van der Waals surface area contributed by atoms with E-state index in [0.29, 0.717) is 6.54 Å². The van der Waals surface area contributed by atoms with Crippen LogP contribution in [-0.2, 0) is 6.54 Å². The Hall–Kier alpha value is -0.670. The van der Waals surface area contributed by atoms with Crippen LogP contribution in [0, 0.1) is 0 Å². The molecule has 1 aromatic carbocycles. The molecule has 2 N–H and O–H groups in total. The highest BCUT2D eigenvalue weighted by molar-refractivity contribution is 7.99. The van der Waals surface area contributed by atoms with Gasteiger partial charge in [-0.25, -0.2) is 0 Å². The van der Waals surface area contributed by atoms with Crippen molar-refractivity contribution in [2.45, 2.75) is 51.2 Å². The van der Waals surface area contributed by atoms with Crippen molar-refractivity contribution in [3.05, 3.63) is 23.8 Å². The first kappa shape index (κ1) is 14.4. The number of nitrogens with two attached hydrogens (primary N) is 1. The maximum absolute atomic E-state index is 5.97. The molecule has 0 fully saturated rings. The van der Waals surface area contributed by atoms with Crippen molar-refractivity contribution < 1.29 is 4.74 Å². The molecular formula is C14H23NOS. The van der Waals surface area contributed by atoms with Crippen LogP contribution < -0.4 is 10.5 Å². The summed E-state index contributed by atoms with van der Waals surface area (Å²) in [6.07, 6.45) is 2.48. The molecule has 0 aromatic heterocycles. The van der Waals surface area contributed by atoms with Gasteiger partial charge in [-0.1, -0.05) is 26.3 Å². The van der Waals surface area contributed by atoms with Gasteiger partial charge in [-0.3, -0.25) is 0 Å². The summed E-state index contributed by atoms with van der Waals surface area (Å²) in [6.45, 7) is 6.98. The van der Waals surface area contributed by atoms with Crippen molar-refractivity contribution in [2.24, 2.45) is 5.73 Å². The van der Waals surface area contributed by atoms with Gasteiger partial charge in [0.15, 0.2) is 0 Å². The minimum Gasteiger partial charge on any atom is -0.490 e. The van der Waals surface area contributed by atoms with Crippen molar-refractivity contribution >= 4 is 11.8 Å². The lowest BCUT2D eigenvalue weighted by molar-refractivity contribution is 0.207. The zero-order valence-electron chi connectivity index (χ0n) is 11.0. The van der Waals surface area contributed by atoms with Crippen LogP contribution in [-0.4, -0.2) is 11.9 Å². The number of ether oxygens (including phenoxy) is 1. The third-order valence-corrected chi connectivity index (χ3v) is 3.60. The van der Waals surface area contributed by atoms with E-state index in [4.69, 9.17) is 10.5 Å². The molecule has 0 radical (unpaired) electrons. The van der Waals surface area contributed by atoms with E-state index < -0.39 is 0 Å². The second-order valence-electron chi connectivity index (χ2n) is 4.09. The van der Waals surface area contributed by atoms with E-state index in [2.05, 4.69) is 26.8 Å². The Morgan fingerprint density at radius 2 is 2.12 bits per heavy atom. The van der Waals surface area contributed by atoms with E-state index in [-0.39, 0.29) is 6.10 Å². The van der Waals surface area contributed by atoms with Crippen LogP contribution in [0.5, 0.6) is 5.75 Å². The van der Waals surface area contributed by atoms with Gasteiger partial charge in [0, 0.05) is 17.0 Å². The summed E-state index contributed by atoms with van der Waals surface area (Å²) in [4.78, 5) is 1.25. The molecule has 0 spiro atoms. The van der Waals surface area contributed by atoms with E-state index in [1.807, 2.05) is 23.9 Å². The third kappa shape index (κ3) is 4.25. The smallest absolute Gasteiger partial charge is 0.125 e. The monoisotopic (exact) mass is 253 g/mol. The minimum atomic E-state index is 0.257.